The predicted molar refractivity (Wildman–Crippen MR) is 117 cm³/mol. The highest BCUT2D eigenvalue weighted by molar-refractivity contribution is 6.05. The van der Waals surface area contributed by atoms with E-state index >= 15 is 0 Å². The number of carbonyl (C=O) groups excluding carboxylic acids is 1. The average molecular weight is 387 g/mol. The van der Waals surface area contributed by atoms with E-state index in [0.717, 1.165) is 28.1 Å². The number of urea groups is 1. The fourth-order valence-corrected chi connectivity index (χ4v) is 3.72. The summed E-state index contributed by atoms with van der Waals surface area (Å²) >= 11 is 0. The number of aromatic nitrogens is 2. The molecule has 0 atom stereocenters. The van der Waals surface area contributed by atoms with Crippen molar-refractivity contribution in [2.45, 2.75) is 34.2 Å². The third kappa shape index (κ3) is 3.42. The Labute approximate surface area is 171 Å². The zero-order valence-corrected chi connectivity index (χ0v) is 17.4. The summed E-state index contributed by atoms with van der Waals surface area (Å²) in [6.07, 6.45) is 1.80. The molecule has 29 heavy (non-hydrogen) atoms. The summed E-state index contributed by atoms with van der Waals surface area (Å²) in [6, 6.07) is 12.1. The highest BCUT2D eigenvalue weighted by Gasteiger charge is 2.32. The first-order valence-corrected chi connectivity index (χ1v) is 9.67. The maximum atomic E-state index is 13.1. The third-order valence-corrected chi connectivity index (χ3v) is 5.48. The van der Waals surface area contributed by atoms with Crippen molar-refractivity contribution in [3.8, 4) is 0 Å². The van der Waals surface area contributed by atoms with E-state index in [4.69, 9.17) is 0 Å². The van der Waals surface area contributed by atoms with Gasteiger partial charge in [0.15, 0.2) is 0 Å². The maximum Gasteiger partial charge on any atom is 0.330 e. The van der Waals surface area contributed by atoms with Crippen molar-refractivity contribution in [3.63, 3.8) is 0 Å². The lowest BCUT2D eigenvalue weighted by Crippen LogP contribution is -2.46. The molecular weight excluding hydrogens is 362 g/mol. The van der Waals surface area contributed by atoms with Crippen molar-refractivity contribution in [2.24, 2.45) is 0 Å². The molecule has 0 radical (unpaired) electrons. The van der Waals surface area contributed by atoms with Gasteiger partial charge in [0.2, 0.25) is 5.95 Å². The number of hydrogen-bond acceptors (Lipinski definition) is 4. The minimum absolute atomic E-state index is 0.0919. The lowest BCUT2D eigenvalue weighted by atomic mass is 10.1. The molecule has 1 N–H and O–H groups in total. The molecule has 0 saturated carbocycles. The van der Waals surface area contributed by atoms with Crippen molar-refractivity contribution >= 4 is 29.2 Å². The molecule has 1 aliphatic rings. The first-order chi connectivity index (χ1) is 13.8. The second-order valence-corrected chi connectivity index (χ2v) is 7.63. The van der Waals surface area contributed by atoms with Crippen LogP contribution in [0.2, 0.25) is 0 Å². The second-order valence-electron chi connectivity index (χ2n) is 7.63. The summed E-state index contributed by atoms with van der Waals surface area (Å²) in [5.41, 5.74) is 7.37. The van der Waals surface area contributed by atoms with Crippen LogP contribution in [-0.4, -0.2) is 23.0 Å². The molecule has 1 aromatic heterocycles. The van der Waals surface area contributed by atoms with E-state index < -0.39 is 0 Å². The standard InChI is InChI=1S/C23H25N5O/c1-14-9-10-19(11-17(14)4)25-22-24-12-18-13-28(23(29)27(5)21(18)26-22)20-15(2)7-6-8-16(20)3/h6-12H,13H2,1-5H3,(H,24,25,26). The van der Waals surface area contributed by atoms with Crippen molar-refractivity contribution in [2.75, 3.05) is 22.2 Å². The van der Waals surface area contributed by atoms with Crippen molar-refractivity contribution in [1.82, 2.24) is 9.97 Å². The predicted octanol–water partition coefficient (Wildman–Crippen LogP) is 5.03. The van der Waals surface area contributed by atoms with Gasteiger partial charge in [-0.15, -0.1) is 0 Å². The van der Waals surface area contributed by atoms with Crippen LogP contribution in [0.5, 0.6) is 0 Å². The van der Waals surface area contributed by atoms with Crippen LogP contribution in [-0.2, 0) is 6.54 Å². The Bertz CT molecular complexity index is 1090. The van der Waals surface area contributed by atoms with Crippen LogP contribution in [0.3, 0.4) is 0 Å². The van der Waals surface area contributed by atoms with Crippen molar-refractivity contribution in [1.29, 1.82) is 0 Å². The number of nitrogens with one attached hydrogen (secondary N) is 1. The van der Waals surface area contributed by atoms with Gasteiger partial charge in [-0.05, 0) is 62.1 Å². The summed E-state index contributed by atoms with van der Waals surface area (Å²) in [5.74, 6) is 1.12. The zero-order chi connectivity index (χ0) is 20.7. The van der Waals surface area contributed by atoms with Crippen LogP contribution in [0.1, 0.15) is 27.8 Å². The number of carbonyl (C=O) groups is 1. The first kappa shape index (κ1) is 18.9. The zero-order valence-electron chi connectivity index (χ0n) is 17.4. The number of anilines is 4. The van der Waals surface area contributed by atoms with E-state index in [9.17, 15) is 4.79 Å². The van der Waals surface area contributed by atoms with Gasteiger partial charge in [-0.2, -0.15) is 4.98 Å². The topological polar surface area (TPSA) is 61.4 Å². The van der Waals surface area contributed by atoms with Crippen LogP contribution in [0.4, 0.5) is 27.9 Å². The van der Waals surface area contributed by atoms with Crippen molar-refractivity contribution in [3.05, 3.63) is 70.4 Å². The summed E-state index contributed by atoms with van der Waals surface area (Å²) in [4.78, 5) is 25.6. The minimum Gasteiger partial charge on any atom is -0.324 e. The molecule has 2 amide bonds. The summed E-state index contributed by atoms with van der Waals surface area (Å²) in [6.45, 7) is 8.66. The molecule has 148 valence electrons. The molecule has 6 heteroatoms. The van der Waals surface area contributed by atoms with Gasteiger partial charge in [-0.3, -0.25) is 9.80 Å². The Balaban J connectivity index is 1.66. The smallest absolute Gasteiger partial charge is 0.324 e. The number of hydrogen-bond donors (Lipinski definition) is 1. The second kappa shape index (κ2) is 7.20. The SMILES string of the molecule is Cc1ccc(Nc2ncc3c(n2)N(C)C(=O)N(c2c(C)cccc2C)C3)cc1C. The lowest BCUT2D eigenvalue weighted by Gasteiger charge is -2.35. The van der Waals surface area contributed by atoms with Gasteiger partial charge in [0, 0.05) is 24.5 Å². The van der Waals surface area contributed by atoms with E-state index in [2.05, 4.69) is 41.3 Å². The molecule has 3 aromatic rings. The van der Waals surface area contributed by atoms with Gasteiger partial charge < -0.3 is 5.32 Å². The van der Waals surface area contributed by atoms with Gasteiger partial charge in [-0.1, -0.05) is 24.3 Å². The molecule has 0 bridgehead atoms. The highest BCUT2D eigenvalue weighted by atomic mass is 16.2. The molecule has 0 fully saturated rings. The van der Waals surface area contributed by atoms with Gasteiger partial charge in [-0.25, -0.2) is 9.78 Å². The molecule has 4 rings (SSSR count). The Morgan fingerprint density at radius 2 is 1.69 bits per heavy atom. The van der Waals surface area contributed by atoms with Crippen LogP contribution >= 0.6 is 0 Å². The molecule has 0 spiro atoms. The summed E-state index contributed by atoms with van der Waals surface area (Å²) in [7, 11) is 1.76. The van der Waals surface area contributed by atoms with E-state index in [1.165, 1.54) is 11.1 Å². The quantitative estimate of drug-likeness (QED) is 0.685. The Kier molecular flexibility index (Phi) is 4.70. The van der Waals surface area contributed by atoms with Crippen LogP contribution < -0.4 is 15.1 Å². The largest absolute Gasteiger partial charge is 0.330 e. The molecule has 2 heterocycles. The third-order valence-electron chi connectivity index (χ3n) is 5.48. The van der Waals surface area contributed by atoms with E-state index in [-0.39, 0.29) is 6.03 Å². The van der Waals surface area contributed by atoms with Gasteiger partial charge >= 0.3 is 6.03 Å². The van der Waals surface area contributed by atoms with Crippen LogP contribution in [0, 0.1) is 27.7 Å². The fourth-order valence-electron chi connectivity index (χ4n) is 3.72. The van der Waals surface area contributed by atoms with Crippen LogP contribution in [0.25, 0.3) is 0 Å². The van der Waals surface area contributed by atoms with Crippen molar-refractivity contribution < 1.29 is 4.79 Å². The van der Waals surface area contributed by atoms with E-state index in [0.29, 0.717) is 18.3 Å². The fraction of sp³-hybridized carbons (Fsp3) is 0.261. The normalized spacial score (nSPS) is 13.5. The first-order valence-electron chi connectivity index (χ1n) is 9.67. The molecule has 6 nitrogen and oxygen atoms in total. The molecule has 2 aromatic carbocycles. The van der Waals surface area contributed by atoms with E-state index in [1.807, 2.05) is 38.1 Å². The highest BCUT2D eigenvalue weighted by Crippen LogP contribution is 2.33. The number of nitrogens with zero attached hydrogens (tertiary/aromatic N) is 4. The molecule has 0 saturated heterocycles. The molecule has 1 aliphatic heterocycles. The Morgan fingerprint density at radius 3 is 2.38 bits per heavy atom. The Hall–Kier alpha value is -3.41. The monoisotopic (exact) mass is 387 g/mol. The van der Waals surface area contributed by atoms with Gasteiger partial charge in [0.1, 0.15) is 5.82 Å². The number of aryl methyl sites for hydroxylation is 4. The lowest BCUT2D eigenvalue weighted by molar-refractivity contribution is 0.251. The number of amides is 2. The van der Waals surface area contributed by atoms with Gasteiger partial charge in [0.25, 0.3) is 0 Å². The van der Waals surface area contributed by atoms with Gasteiger partial charge in [0.05, 0.1) is 12.2 Å². The maximum absolute atomic E-state index is 13.1. The summed E-state index contributed by atoms with van der Waals surface area (Å²) in [5, 5.41) is 3.24. The summed E-state index contributed by atoms with van der Waals surface area (Å²) < 4.78 is 0. The molecular formula is C23H25N5O. The average Bonchev–Trinajstić information content (AvgIpc) is 2.69. The number of rotatable bonds is 3. The van der Waals surface area contributed by atoms with Crippen LogP contribution in [0.15, 0.2) is 42.6 Å². The Morgan fingerprint density at radius 1 is 0.966 bits per heavy atom. The molecule has 0 unspecified atom stereocenters. The van der Waals surface area contributed by atoms with E-state index in [1.54, 1.807) is 23.0 Å². The molecule has 0 aliphatic carbocycles. The minimum atomic E-state index is -0.0919. The number of para-hydroxylation sites is 1. The number of fused-ring (bicyclic) bond motifs is 1. The number of benzene rings is 2.